The number of rotatable bonds is 4. The molecule has 0 aromatic carbocycles. The van der Waals surface area contributed by atoms with E-state index in [2.05, 4.69) is 10.1 Å². The number of amides is 1. The van der Waals surface area contributed by atoms with E-state index in [0.717, 1.165) is 0 Å². The molecular formula is C10H15N3O4. The number of carbonyl (C=O) groups excluding carboxylic acids is 2. The van der Waals surface area contributed by atoms with Gasteiger partial charge in [-0.15, -0.1) is 0 Å². The molecule has 0 aliphatic carbocycles. The molecular weight excluding hydrogens is 226 g/mol. The zero-order valence-corrected chi connectivity index (χ0v) is 9.55. The maximum Gasteiger partial charge on any atom is 0.323 e. The van der Waals surface area contributed by atoms with Crippen molar-refractivity contribution < 1.29 is 19.4 Å². The number of aliphatic hydroxyl groups is 1. The molecule has 2 atom stereocenters. The molecule has 0 aromatic heterocycles. The maximum absolute atomic E-state index is 11.4. The van der Waals surface area contributed by atoms with Gasteiger partial charge in [0.15, 0.2) is 0 Å². The third-order valence-electron chi connectivity index (χ3n) is 2.57. The Balaban J connectivity index is 2.53. The van der Waals surface area contributed by atoms with Crippen LogP contribution in [0.15, 0.2) is 0 Å². The van der Waals surface area contributed by atoms with Crippen molar-refractivity contribution in [3.05, 3.63) is 0 Å². The highest BCUT2D eigenvalue weighted by Gasteiger charge is 2.37. The lowest BCUT2D eigenvalue weighted by atomic mass is 10.2. The number of nitrogens with one attached hydrogen (secondary N) is 1. The predicted octanol–water partition coefficient (Wildman–Crippen LogP) is -1.77. The monoisotopic (exact) mass is 241 g/mol. The van der Waals surface area contributed by atoms with Crippen LogP contribution >= 0.6 is 0 Å². The van der Waals surface area contributed by atoms with E-state index in [4.69, 9.17) is 5.26 Å². The first-order valence-corrected chi connectivity index (χ1v) is 5.22. The number of β-amino-alcohol motifs (C(OH)–C–C–N with tert-alkyl or cyclic N) is 1. The fourth-order valence-electron chi connectivity index (χ4n) is 1.81. The van der Waals surface area contributed by atoms with E-state index in [1.54, 1.807) is 11.0 Å². The first-order valence-electron chi connectivity index (χ1n) is 5.22. The van der Waals surface area contributed by atoms with E-state index in [1.165, 1.54) is 7.11 Å². The van der Waals surface area contributed by atoms with Gasteiger partial charge in [0.25, 0.3) is 0 Å². The third-order valence-corrected chi connectivity index (χ3v) is 2.57. The summed E-state index contributed by atoms with van der Waals surface area (Å²) in [7, 11) is 1.26. The summed E-state index contributed by atoms with van der Waals surface area (Å²) >= 11 is 0. The van der Waals surface area contributed by atoms with Crippen LogP contribution in [0.5, 0.6) is 0 Å². The van der Waals surface area contributed by atoms with Crippen LogP contribution < -0.4 is 5.32 Å². The second-order valence-corrected chi connectivity index (χ2v) is 3.79. The van der Waals surface area contributed by atoms with Crippen LogP contribution in [0.25, 0.3) is 0 Å². The number of aliphatic hydroxyl groups excluding tert-OH is 1. The Morgan fingerprint density at radius 3 is 2.94 bits per heavy atom. The zero-order valence-electron chi connectivity index (χ0n) is 9.55. The Labute approximate surface area is 99.0 Å². The average Bonchev–Trinajstić information content (AvgIpc) is 2.66. The van der Waals surface area contributed by atoms with Crippen LogP contribution in [0.4, 0.5) is 0 Å². The SMILES string of the molecule is COC(=O)C1CC(O)CN1CC(=O)NCC#N. The molecule has 7 heteroatoms. The van der Waals surface area contributed by atoms with Gasteiger partial charge < -0.3 is 15.2 Å². The second kappa shape index (κ2) is 6.18. The number of methoxy groups -OCH3 is 1. The summed E-state index contributed by atoms with van der Waals surface area (Å²) in [6, 6.07) is 1.19. The minimum Gasteiger partial charge on any atom is -0.468 e. The summed E-state index contributed by atoms with van der Waals surface area (Å²) in [6.45, 7) is 0.149. The molecule has 94 valence electrons. The minimum absolute atomic E-state index is 0.0293. The molecule has 1 fully saturated rings. The highest BCUT2D eigenvalue weighted by atomic mass is 16.5. The number of carbonyl (C=O) groups is 2. The molecule has 2 unspecified atom stereocenters. The lowest BCUT2D eigenvalue weighted by Gasteiger charge is -2.20. The van der Waals surface area contributed by atoms with Gasteiger partial charge in [-0.25, -0.2) is 0 Å². The van der Waals surface area contributed by atoms with Crippen LogP contribution in [0.1, 0.15) is 6.42 Å². The van der Waals surface area contributed by atoms with Crippen molar-refractivity contribution >= 4 is 11.9 Å². The van der Waals surface area contributed by atoms with Crippen LogP contribution in [0, 0.1) is 11.3 Å². The number of nitriles is 1. The smallest absolute Gasteiger partial charge is 0.323 e. The number of likely N-dealkylation sites (tertiary alicyclic amines) is 1. The Morgan fingerprint density at radius 2 is 2.35 bits per heavy atom. The fourth-order valence-corrected chi connectivity index (χ4v) is 1.81. The Hall–Kier alpha value is -1.65. The van der Waals surface area contributed by atoms with Crippen molar-refractivity contribution in [2.24, 2.45) is 0 Å². The van der Waals surface area contributed by atoms with Gasteiger partial charge in [-0.3, -0.25) is 14.5 Å². The molecule has 0 radical (unpaired) electrons. The summed E-state index contributed by atoms with van der Waals surface area (Å²) in [4.78, 5) is 24.3. The van der Waals surface area contributed by atoms with E-state index < -0.39 is 18.1 Å². The first-order chi connectivity index (χ1) is 8.08. The largest absolute Gasteiger partial charge is 0.468 e. The minimum atomic E-state index is -0.636. The average molecular weight is 241 g/mol. The first kappa shape index (κ1) is 13.4. The summed E-state index contributed by atoms with van der Waals surface area (Å²) in [6.07, 6.45) is -0.374. The third kappa shape index (κ3) is 3.69. The van der Waals surface area contributed by atoms with Gasteiger partial charge >= 0.3 is 5.97 Å². The topological polar surface area (TPSA) is 103 Å². The van der Waals surface area contributed by atoms with Crippen LogP contribution in [-0.4, -0.2) is 60.8 Å². The molecule has 0 saturated carbocycles. The lowest BCUT2D eigenvalue weighted by Crippen LogP contribution is -2.43. The van der Waals surface area contributed by atoms with Crippen molar-refractivity contribution in [1.82, 2.24) is 10.2 Å². The molecule has 0 spiro atoms. The van der Waals surface area contributed by atoms with Crippen LogP contribution in [0.3, 0.4) is 0 Å². The summed E-state index contributed by atoms with van der Waals surface area (Å²) in [5.74, 6) is -0.816. The van der Waals surface area contributed by atoms with E-state index >= 15 is 0 Å². The molecule has 17 heavy (non-hydrogen) atoms. The van der Waals surface area contributed by atoms with Crippen molar-refractivity contribution in [1.29, 1.82) is 5.26 Å². The zero-order chi connectivity index (χ0) is 12.8. The molecule has 0 aromatic rings. The maximum atomic E-state index is 11.4. The Kier molecular flexibility index (Phi) is 4.87. The fraction of sp³-hybridized carbons (Fsp3) is 0.700. The molecule has 0 bridgehead atoms. The predicted molar refractivity (Wildman–Crippen MR) is 56.6 cm³/mol. The van der Waals surface area contributed by atoms with Crippen molar-refractivity contribution in [3.63, 3.8) is 0 Å². The van der Waals surface area contributed by atoms with Gasteiger partial charge in [0.2, 0.25) is 5.91 Å². The lowest BCUT2D eigenvalue weighted by molar-refractivity contribution is -0.146. The molecule has 1 heterocycles. The van der Waals surface area contributed by atoms with Crippen LogP contribution in [0.2, 0.25) is 0 Å². The van der Waals surface area contributed by atoms with Gasteiger partial charge in [0, 0.05) is 13.0 Å². The quantitative estimate of drug-likeness (QED) is 0.446. The molecule has 1 aliphatic rings. The number of esters is 1. The van der Waals surface area contributed by atoms with Gasteiger partial charge in [-0.05, 0) is 0 Å². The van der Waals surface area contributed by atoms with Crippen LogP contribution in [-0.2, 0) is 14.3 Å². The van der Waals surface area contributed by atoms with Crippen molar-refractivity contribution in [3.8, 4) is 6.07 Å². The standard InChI is InChI=1S/C10H15N3O4/c1-17-10(16)8-4-7(14)5-13(8)6-9(15)12-3-2-11/h7-8,14H,3-6H2,1H3,(H,12,15). The van der Waals surface area contributed by atoms with E-state index in [-0.39, 0.29) is 32.0 Å². The Morgan fingerprint density at radius 1 is 1.65 bits per heavy atom. The normalized spacial score (nSPS) is 24.1. The highest BCUT2D eigenvalue weighted by molar-refractivity contribution is 5.81. The number of nitrogens with zero attached hydrogens (tertiary/aromatic N) is 2. The molecule has 7 nitrogen and oxygen atoms in total. The second-order valence-electron chi connectivity index (χ2n) is 3.79. The molecule has 1 aliphatic heterocycles. The van der Waals surface area contributed by atoms with Gasteiger partial charge in [-0.2, -0.15) is 5.26 Å². The van der Waals surface area contributed by atoms with E-state index in [1.807, 2.05) is 0 Å². The molecule has 1 saturated heterocycles. The highest BCUT2D eigenvalue weighted by Crippen LogP contribution is 2.18. The molecule has 1 amide bonds. The number of hydrogen-bond donors (Lipinski definition) is 2. The van der Waals surface area contributed by atoms with Crippen molar-refractivity contribution in [2.75, 3.05) is 26.7 Å². The summed E-state index contributed by atoms with van der Waals surface area (Å²) in [5, 5.41) is 20.1. The summed E-state index contributed by atoms with van der Waals surface area (Å²) in [5.41, 5.74) is 0. The van der Waals surface area contributed by atoms with Gasteiger partial charge in [-0.1, -0.05) is 0 Å². The number of hydrogen-bond acceptors (Lipinski definition) is 6. The molecule has 1 rings (SSSR count). The van der Waals surface area contributed by atoms with Crippen molar-refractivity contribution in [2.45, 2.75) is 18.6 Å². The summed E-state index contributed by atoms with van der Waals surface area (Å²) < 4.78 is 4.60. The van der Waals surface area contributed by atoms with E-state index in [0.29, 0.717) is 0 Å². The number of ether oxygens (including phenoxy) is 1. The molecule has 2 N–H and O–H groups in total. The van der Waals surface area contributed by atoms with Gasteiger partial charge in [0.1, 0.15) is 12.6 Å². The van der Waals surface area contributed by atoms with E-state index in [9.17, 15) is 14.7 Å². The Bertz CT molecular complexity index is 339. The van der Waals surface area contributed by atoms with Gasteiger partial charge in [0.05, 0.1) is 25.8 Å².